The average molecular weight is 434 g/mol. The van der Waals surface area contributed by atoms with E-state index in [2.05, 4.69) is 5.32 Å². The van der Waals surface area contributed by atoms with Crippen LogP contribution < -0.4 is 15.5 Å². The normalized spacial score (nSPS) is 11.8. The SMILES string of the molecule is CCOc1ccc(-c2cc(=O)c3ccc(NC(=O)C(Cl)c4ccccc4)cc3o2)cc1. The minimum absolute atomic E-state index is 0.164. The molecule has 156 valence electrons. The average Bonchev–Trinajstić information content (AvgIpc) is 2.79. The van der Waals surface area contributed by atoms with Crippen molar-refractivity contribution in [3.8, 4) is 17.1 Å². The number of benzene rings is 3. The zero-order valence-electron chi connectivity index (χ0n) is 16.8. The lowest BCUT2D eigenvalue weighted by Crippen LogP contribution is -2.17. The van der Waals surface area contributed by atoms with E-state index in [0.717, 1.165) is 11.3 Å². The molecule has 0 aliphatic carbocycles. The van der Waals surface area contributed by atoms with Gasteiger partial charge >= 0.3 is 0 Å². The monoisotopic (exact) mass is 433 g/mol. The number of halogens is 1. The molecule has 4 rings (SSSR count). The van der Waals surface area contributed by atoms with E-state index >= 15 is 0 Å². The van der Waals surface area contributed by atoms with Crippen molar-refractivity contribution in [2.75, 3.05) is 11.9 Å². The molecule has 1 unspecified atom stereocenters. The summed E-state index contributed by atoms with van der Waals surface area (Å²) in [6.07, 6.45) is 0. The van der Waals surface area contributed by atoms with E-state index in [1.54, 1.807) is 30.3 Å². The van der Waals surface area contributed by atoms with Gasteiger partial charge in [0.25, 0.3) is 0 Å². The zero-order chi connectivity index (χ0) is 21.8. The fourth-order valence-electron chi connectivity index (χ4n) is 3.24. The number of hydrogen-bond acceptors (Lipinski definition) is 4. The Morgan fingerprint density at radius 2 is 1.77 bits per heavy atom. The van der Waals surface area contributed by atoms with E-state index in [-0.39, 0.29) is 11.3 Å². The molecule has 0 fully saturated rings. The first kappa shape index (κ1) is 20.7. The highest BCUT2D eigenvalue weighted by molar-refractivity contribution is 6.32. The number of amides is 1. The maximum atomic E-state index is 12.6. The van der Waals surface area contributed by atoms with Crippen LogP contribution >= 0.6 is 11.6 Å². The quantitative estimate of drug-likeness (QED) is 0.391. The predicted octanol–water partition coefficient (Wildman–Crippen LogP) is 5.78. The molecule has 0 radical (unpaired) electrons. The van der Waals surface area contributed by atoms with Crippen LogP contribution in [0.2, 0.25) is 0 Å². The van der Waals surface area contributed by atoms with Gasteiger partial charge in [-0.25, -0.2) is 0 Å². The Labute approximate surface area is 184 Å². The molecular weight excluding hydrogens is 414 g/mol. The molecule has 0 aliphatic heterocycles. The highest BCUT2D eigenvalue weighted by Gasteiger charge is 2.18. The summed E-state index contributed by atoms with van der Waals surface area (Å²) in [6.45, 7) is 2.49. The summed E-state index contributed by atoms with van der Waals surface area (Å²) in [4.78, 5) is 25.1. The fourth-order valence-corrected chi connectivity index (χ4v) is 3.44. The molecule has 0 bridgehead atoms. The first-order valence-corrected chi connectivity index (χ1v) is 10.3. The molecule has 31 heavy (non-hydrogen) atoms. The molecule has 0 spiro atoms. The summed E-state index contributed by atoms with van der Waals surface area (Å²) in [5, 5.41) is 2.38. The van der Waals surface area contributed by atoms with Crippen LogP contribution in [0, 0.1) is 0 Å². The second kappa shape index (κ2) is 9.06. The van der Waals surface area contributed by atoms with Crippen molar-refractivity contribution in [3.63, 3.8) is 0 Å². The molecule has 1 heterocycles. The number of alkyl halides is 1. The lowest BCUT2D eigenvalue weighted by molar-refractivity contribution is -0.116. The second-order valence-corrected chi connectivity index (χ2v) is 7.34. The number of anilines is 1. The molecule has 6 heteroatoms. The Morgan fingerprint density at radius 3 is 2.48 bits per heavy atom. The molecule has 3 aromatic carbocycles. The first-order chi connectivity index (χ1) is 15.0. The van der Waals surface area contributed by atoms with Crippen molar-refractivity contribution in [2.24, 2.45) is 0 Å². The van der Waals surface area contributed by atoms with Crippen molar-refractivity contribution >= 4 is 34.2 Å². The van der Waals surface area contributed by atoms with Crippen molar-refractivity contribution in [2.45, 2.75) is 12.3 Å². The van der Waals surface area contributed by atoms with Crippen LogP contribution in [-0.4, -0.2) is 12.5 Å². The molecule has 0 saturated heterocycles. The van der Waals surface area contributed by atoms with Crippen molar-refractivity contribution in [1.29, 1.82) is 0 Å². The molecular formula is C25H20ClNO4. The third-order valence-electron chi connectivity index (χ3n) is 4.77. The maximum Gasteiger partial charge on any atom is 0.246 e. The Morgan fingerprint density at radius 1 is 1.03 bits per heavy atom. The minimum atomic E-state index is -0.834. The van der Waals surface area contributed by atoms with Gasteiger partial charge in [-0.05, 0) is 48.9 Å². The third-order valence-corrected chi connectivity index (χ3v) is 5.22. The molecule has 1 aromatic heterocycles. The summed E-state index contributed by atoms with van der Waals surface area (Å²) < 4.78 is 11.4. The van der Waals surface area contributed by atoms with Crippen molar-refractivity contribution < 1.29 is 13.9 Å². The molecule has 0 saturated carbocycles. The Bertz CT molecular complexity index is 1270. The second-order valence-electron chi connectivity index (χ2n) is 6.91. The van der Waals surface area contributed by atoms with Crippen LogP contribution in [-0.2, 0) is 4.79 Å². The van der Waals surface area contributed by atoms with Gasteiger partial charge in [-0.15, -0.1) is 11.6 Å². The van der Waals surface area contributed by atoms with E-state index in [0.29, 0.717) is 34.6 Å². The van der Waals surface area contributed by atoms with Crippen molar-refractivity contribution in [1.82, 2.24) is 0 Å². The topological polar surface area (TPSA) is 68.5 Å². The van der Waals surface area contributed by atoms with Crippen LogP contribution in [0.5, 0.6) is 5.75 Å². The largest absolute Gasteiger partial charge is 0.494 e. The van der Waals surface area contributed by atoms with Crippen LogP contribution in [0.1, 0.15) is 17.9 Å². The van der Waals surface area contributed by atoms with E-state index in [4.69, 9.17) is 20.8 Å². The molecule has 4 aromatic rings. The summed E-state index contributed by atoms with van der Waals surface area (Å²) >= 11 is 6.29. The van der Waals surface area contributed by atoms with Gasteiger partial charge in [0, 0.05) is 23.4 Å². The summed E-state index contributed by atoms with van der Waals surface area (Å²) in [5.41, 5.74) is 2.15. The van der Waals surface area contributed by atoms with Gasteiger partial charge in [0.2, 0.25) is 5.91 Å². The molecule has 5 nitrogen and oxygen atoms in total. The Kier molecular flexibility index (Phi) is 6.05. The number of carbonyl (C=O) groups excluding carboxylic acids is 1. The van der Waals surface area contributed by atoms with Crippen LogP contribution in [0.3, 0.4) is 0 Å². The molecule has 0 aliphatic rings. The van der Waals surface area contributed by atoms with E-state index in [1.807, 2.05) is 49.4 Å². The molecule has 1 N–H and O–H groups in total. The first-order valence-electron chi connectivity index (χ1n) is 9.86. The lowest BCUT2D eigenvalue weighted by atomic mass is 10.1. The van der Waals surface area contributed by atoms with Gasteiger partial charge in [-0.2, -0.15) is 0 Å². The Balaban J connectivity index is 1.62. The Hall–Kier alpha value is -3.57. The fraction of sp³-hybridized carbons (Fsp3) is 0.120. The highest BCUT2D eigenvalue weighted by Crippen LogP contribution is 2.27. The smallest absolute Gasteiger partial charge is 0.246 e. The minimum Gasteiger partial charge on any atom is -0.494 e. The van der Waals surface area contributed by atoms with Gasteiger partial charge in [0.05, 0.1) is 12.0 Å². The summed E-state index contributed by atoms with van der Waals surface area (Å²) in [5.74, 6) is 0.814. The highest BCUT2D eigenvalue weighted by atomic mass is 35.5. The van der Waals surface area contributed by atoms with Gasteiger partial charge in [-0.1, -0.05) is 30.3 Å². The maximum absolute atomic E-state index is 12.6. The van der Waals surface area contributed by atoms with Gasteiger partial charge in [0.15, 0.2) is 5.43 Å². The van der Waals surface area contributed by atoms with Gasteiger partial charge in [-0.3, -0.25) is 9.59 Å². The summed E-state index contributed by atoms with van der Waals surface area (Å²) in [7, 11) is 0. The number of ether oxygens (including phenoxy) is 1. The zero-order valence-corrected chi connectivity index (χ0v) is 17.6. The number of carbonyl (C=O) groups is 1. The third kappa shape index (κ3) is 4.62. The lowest BCUT2D eigenvalue weighted by Gasteiger charge is -2.11. The number of rotatable bonds is 6. The van der Waals surface area contributed by atoms with Crippen LogP contribution in [0.15, 0.2) is 88.1 Å². The molecule has 1 atom stereocenters. The standard InChI is InChI=1S/C25H20ClNO4/c1-2-30-19-11-8-16(9-12-19)22-15-21(28)20-13-10-18(14-23(20)31-22)27-25(29)24(26)17-6-4-3-5-7-17/h3-15,24H,2H2,1H3,(H,27,29). The predicted molar refractivity (Wildman–Crippen MR) is 123 cm³/mol. The van der Waals surface area contributed by atoms with E-state index in [9.17, 15) is 9.59 Å². The van der Waals surface area contributed by atoms with E-state index in [1.165, 1.54) is 6.07 Å². The number of fused-ring (bicyclic) bond motifs is 1. The van der Waals surface area contributed by atoms with Gasteiger partial charge in [0.1, 0.15) is 22.5 Å². The summed E-state index contributed by atoms with van der Waals surface area (Å²) in [6, 6.07) is 22.8. The van der Waals surface area contributed by atoms with Gasteiger partial charge < -0.3 is 14.5 Å². The van der Waals surface area contributed by atoms with Crippen molar-refractivity contribution in [3.05, 3.63) is 94.6 Å². The molecule has 1 amide bonds. The van der Waals surface area contributed by atoms with Crippen LogP contribution in [0.4, 0.5) is 5.69 Å². The number of hydrogen-bond donors (Lipinski definition) is 1. The number of nitrogens with one attached hydrogen (secondary N) is 1. The van der Waals surface area contributed by atoms with E-state index < -0.39 is 5.38 Å². The van der Waals surface area contributed by atoms with Crippen LogP contribution in [0.25, 0.3) is 22.3 Å².